The number of hydrogen-bond acceptors (Lipinski definition) is 3. The zero-order valence-electron chi connectivity index (χ0n) is 14.9. The van der Waals surface area contributed by atoms with Crippen molar-refractivity contribution in [3.8, 4) is 0 Å². The monoisotopic (exact) mass is 333 g/mol. The molecule has 132 valence electrons. The van der Waals surface area contributed by atoms with Gasteiger partial charge in [-0.15, -0.1) is 0 Å². The smallest absolute Gasteiger partial charge is 0.251 e. The Morgan fingerprint density at radius 3 is 2.08 bits per heavy atom. The third-order valence-corrected chi connectivity index (χ3v) is 3.47. The number of carbonyl (C=O) groups excluding carboxylic acids is 3. The minimum Gasteiger partial charge on any atom is -0.355 e. The van der Waals surface area contributed by atoms with Crippen molar-refractivity contribution in [1.29, 1.82) is 0 Å². The van der Waals surface area contributed by atoms with Gasteiger partial charge in [0.2, 0.25) is 11.8 Å². The molecule has 6 heteroatoms. The molecule has 0 heterocycles. The topological polar surface area (TPSA) is 87.3 Å². The fourth-order valence-corrected chi connectivity index (χ4v) is 2.04. The average Bonchev–Trinajstić information content (AvgIpc) is 2.52. The van der Waals surface area contributed by atoms with Crippen molar-refractivity contribution in [2.75, 3.05) is 19.6 Å². The highest BCUT2D eigenvalue weighted by atomic mass is 16.2. The second-order valence-corrected chi connectivity index (χ2v) is 6.56. The Kier molecular flexibility index (Phi) is 7.42. The number of hydrogen-bond donors (Lipinski definition) is 3. The molecule has 0 radical (unpaired) electrons. The average molecular weight is 333 g/mol. The molecule has 3 N–H and O–H groups in total. The number of amides is 3. The molecule has 24 heavy (non-hydrogen) atoms. The summed E-state index contributed by atoms with van der Waals surface area (Å²) in [6.45, 7) is 8.85. The summed E-state index contributed by atoms with van der Waals surface area (Å²) < 4.78 is 0. The molecule has 0 aliphatic heterocycles. The predicted octanol–water partition coefficient (Wildman–Crippen LogP) is 1.36. The lowest BCUT2D eigenvalue weighted by Crippen LogP contribution is -2.38. The van der Waals surface area contributed by atoms with Crippen LogP contribution in [0.15, 0.2) is 24.3 Å². The predicted molar refractivity (Wildman–Crippen MR) is 93.8 cm³/mol. The van der Waals surface area contributed by atoms with E-state index in [1.54, 1.807) is 12.1 Å². The molecule has 0 spiro atoms. The molecule has 0 atom stereocenters. The van der Waals surface area contributed by atoms with E-state index in [0.29, 0.717) is 12.1 Å². The van der Waals surface area contributed by atoms with Crippen molar-refractivity contribution < 1.29 is 14.4 Å². The van der Waals surface area contributed by atoms with E-state index in [2.05, 4.69) is 36.7 Å². The van der Waals surface area contributed by atoms with Gasteiger partial charge in [-0.1, -0.05) is 32.9 Å². The lowest BCUT2D eigenvalue weighted by atomic mass is 9.87. The van der Waals surface area contributed by atoms with Gasteiger partial charge in [0.05, 0.1) is 6.54 Å². The highest BCUT2D eigenvalue weighted by Crippen LogP contribution is 2.22. The van der Waals surface area contributed by atoms with Gasteiger partial charge in [0.25, 0.3) is 5.91 Å². The molecule has 0 aliphatic rings. The lowest BCUT2D eigenvalue weighted by Gasteiger charge is -2.19. The molecule has 0 saturated carbocycles. The Balaban J connectivity index is 2.36. The van der Waals surface area contributed by atoms with E-state index in [-0.39, 0.29) is 42.6 Å². The van der Waals surface area contributed by atoms with Crippen LogP contribution in [0.1, 0.15) is 50.0 Å². The maximum atomic E-state index is 12.0. The van der Waals surface area contributed by atoms with E-state index in [1.807, 2.05) is 19.1 Å². The Morgan fingerprint density at radius 2 is 1.54 bits per heavy atom. The Morgan fingerprint density at radius 1 is 0.917 bits per heavy atom. The SMILES string of the molecule is CCNC(=O)CNC(=O)CCNC(=O)c1ccc(C(C)(C)C)cc1. The van der Waals surface area contributed by atoms with Crippen LogP contribution in [0.2, 0.25) is 0 Å². The molecule has 1 aromatic carbocycles. The summed E-state index contributed by atoms with van der Waals surface area (Å²) in [6.07, 6.45) is 0.130. The molecule has 0 unspecified atom stereocenters. The van der Waals surface area contributed by atoms with E-state index < -0.39 is 0 Å². The van der Waals surface area contributed by atoms with Crippen LogP contribution in [0.3, 0.4) is 0 Å². The Bertz CT molecular complexity index is 574. The highest BCUT2D eigenvalue weighted by Gasteiger charge is 2.14. The van der Waals surface area contributed by atoms with Crippen molar-refractivity contribution in [2.45, 2.75) is 39.5 Å². The largest absolute Gasteiger partial charge is 0.355 e. The summed E-state index contributed by atoms with van der Waals surface area (Å²) in [7, 11) is 0. The van der Waals surface area contributed by atoms with E-state index in [9.17, 15) is 14.4 Å². The molecular formula is C18H27N3O3. The molecular weight excluding hydrogens is 306 g/mol. The normalized spacial score (nSPS) is 10.8. The van der Waals surface area contributed by atoms with E-state index in [1.165, 1.54) is 0 Å². The minimum atomic E-state index is -0.273. The number of benzene rings is 1. The molecule has 0 saturated heterocycles. The van der Waals surface area contributed by atoms with Gasteiger partial charge in [0.15, 0.2) is 0 Å². The van der Waals surface area contributed by atoms with Crippen LogP contribution in [-0.4, -0.2) is 37.4 Å². The standard InChI is InChI=1S/C18H27N3O3/c1-5-19-16(23)12-21-15(22)10-11-20-17(24)13-6-8-14(9-7-13)18(2,3)4/h6-9H,5,10-12H2,1-4H3,(H,19,23)(H,20,24)(H,21,22). The summed E-state index contributed by atoms with van der Waals surface area (Å²) in [5.74, 6) is -0.717. The van der Waals surface area contributed by atoms with Crippen LogP contribution in [0.25, 0.3) is 0 Å². The Labute approximate surface area is 143 Å². The first-order chi connectivity index (χ1) is 11.2. The molecule has 1 aromatic rings. The van der Waals surface area contributed by atoms with E-state index in [4.69, 9.17) is 0 Å². The highest BCUT2D eigenvalue weighted by molar-refractivity contribution is 5.94. The van der Waals surface area contributed by atoms with Gasteiger partial charge in [-0.05, 0) is 30.0 Å². The van der Waals surface area contributed by atoms with Crippen LogP contribution in [0.4, 0.5) is 0 Å². The molecule has 3 amide bonds. The summed E-state index contributed by atoms with van der Waals surface area (Å²) in [5.41, 5.74) is 1.76. The molecule has 0 aliphatic carbocycles. The maximum absolute atomic E-state index is 12.0. The fourth-order valence-electron chi connectivity index (χ4n) is 2.04. The minimum absolute atomic E-state index is 0.0389. The molecule has 0 bridgehead atoms. The molecule has 0 fully saturated rings. The third kappa shape index (κ3) is 6.81. The van der Waals surface area contributed by atoms with E-state index >= 15 is 0 Å². The second-order valence-electron chi connectivity index (χ2n) is 6.56. The van der Waals surface area contributed by atoms with Gasteiger partial charge in [-0.2, -0.15) is 0 Å². The summed E-state index contributed by atoms with van der Waals surface area (Å²) >= 11 is 0. The van der Waals surface area contributed by atoms with E-state index in [0.717, 1.165) is 5.56 Å². The molecule has 6 nitrogen and oxygen atoms in total. The van der Waals surface area contributed by atoms with Crippen LogP contribution < -0.4 is 16.0 Å². The van der Waals surface area contributed by atoms with Crippen molar-refractivity contribution in [3.05, 3.63) is 35.4 Å². The van der Waals surface area contributed by atoms with Crippen molar-refractivity contribution >= 4 is 17.7 Å². The van der Waals surface area contributed by atoms with Crippen molar-refractivity contribution in [1.82, 2.24) is 16.0 Å². The quantitative estimate of drug-likeness (QED) is 0.704. The van der Waals surface area contributed by atoms with Crippen LogP contribution >= 0.6 is 0 Å². The van der Waals surface area contributed by atoms with Crippen molar-refractivity contribution in [3.63, 3.8) is 0 Å². The third-order valence-electron chi connectivity index (χ3n) is 3.47. The van der Waals surface area contributed by atoms with Gasteiger partial charge < -0.3 is 16.0 Å². The zero-order chi connectivity index (χ0) is 18.2. The number of likely N-dealkylation sites (N-methyl/N-ethyl adjacent to an activating group) is 1. The second kappa shape index (κ2) is 9.05. The first kappa shape index (κ1) is 19.7. The number of carbonyl (C=O) groups is 3. The summed E-state index contributed by atoms with van der Waals surface area (Å²) in [5, 5.41) is 7.79. The van der Waals surface area contributed by atoms with Crippen LogP contribution in [0, 0.1) is 0 Å². The van der Waals surface area contributed by atoms with Crippen molar-refractivity contribution in [2.24, 2.45) is 0 Å². The van der Waals surface area contributed by atoms with Gasteiger partial charge in [-0.3, -0.25) is 14.4 Å². The van der Waals surface area contributed by atoms with Gasteiger partial charge in [0, 0.05) is 25.1 Å². The zero-order valence-corrected chi connectivity index (χ0v) is 14.9. The first-order valence-electron chi connectivity index (χ1n) is 8.16. The van der Waals surface area contributed by atoms with Crippen LogP contribution in [0.5, 0.6) is 0 Å². The lowest BCUT2D eigenvalue weighted by molar-refractivity contribution is -0.126. The Hall–Kier alpha value is -2.37. The summed E-state index contributed by atoms with van der Waals surface area (Å²) in [6, 6.07) is 7.44. The number of nitrogens with one attached hydrogen (secondary N) is 3. The number of rotatable bonds is 7. The van der Waals surface area contributed by atoms with Gasteiger partial charge in [-0.25, -0.2) is 0 Å². The van der Waals surface area contributed by atoms with Gasteiger partial charge in [0.1, 0.15) is 0 Å². The summed E-state index contributed by atoms with van der Waals surface area (Å²) in [4.78, 5) is 34.8. The van der Waals surface area contributed by atoms with Gasteiger partial charge >= 0.3 is 0 Å². The first-order valence-corrected chi connectivity index (χ1v) is 8.16. The maximum Gasteiger partial charge on any atom is 0.251 e. The fraction of sp³-hybridized carbons (Fsp3) is 0.500. The molecule has 1 rings (SSSR count). The van der Waals surface area contributed by atoms with Crippen LogP contribution in [-0.2, 0) is 15.0 Å². The molecule has 0 aromatic heterocycles.